The summed E-state index contributed by atoms with van der Waals surface area (Å²) in [4.78, 5) is 25.3. The zero-order chi connectivity index (χ0) is 21.2. The van der Waals surface area contributed by atoms with Crippen molar-refractivity contribution < 1.29 is 19.1 Å². The maximum Gasteiger partial charge on any atom is 0.287 e. The van der Waals surface area contributed by atoms with E-state index in [0.717, 1.165) is 5.56 Å². The van der Waals surface area contributed by atoms with Crippen molar-refractivity contribution in [3.63, 3.8) is 0 Å². The summed E-state index contributed by atoms with van der Waals surface area (Å²) in [6.45, 7) is 11.0. The third-order valence-electron chi connectivity index (χ3n) is 4.90. The van der Waals surface area contributed by atoms with Crippen molar-refractivity contribution in [1.29, 1.82) is 0 Å². The van der Waals surface area contributed by atoms with Gasteiger partial charge in [0, 0.05) is 13.1 Å². The fourth-order valence-electron chi connectivity index (χ4n) is 3.06. The van der Waals surface area contributed by atoms with Crippen molar-refractivity contribution in [3.05, 3.63) is 60.1 Å². The average Bonchev–Trinajstić information content (AvgIpc) is 3.11. The molecule has 7 nitrogen and oxygen atoms in total. The number of carbonyl (C=O) groups excluding carboxylic acids is 2. The molecule has 0 unspecified atom stereocenters. The SMILES string of the molecule is C=CC(=O)N1CC(NC(=O)c2ccc(CNc3cc(C(C)(C)C)ccc3O)o2)C1. The van der Waals surface area contributed by atoms with E-state index in [1.165, 1.54) is 6.08 Å². The fourth-order valence-corrected chi connectivity index (χ4v) is 3.06. The number of aromatic hydroxyl groups is 1. The Balaban J connectivity index is 1.55. The fraction of sp³-hybridized carbons (Fsp3) is 0.364. The number of rotatable bonds is 6. The molecule has 2 amide bonds. The number of hydrogen-bond donors (Lipinski definition) is 3. The van der Waals surface area contributed by atoms with Crippen LogP contribution in [0.2, 0.25) is 0 Å². The van der Waals surface area contributed by atoms with Crippen molar-refractivity contribution in [3.8, 4) is 5.75 Å². The third kappa shape index (κ3) is 4.80. The number of nitrogens with one attached hydrogen (secondary N) is 2. The maximum absolute atomic E-state index is 12.3. The van der Waals surface area contributed by atoms with E-state index in [4.69, 9.17) is 4.42 Å². The van der Waals surface area contributed by atoms with Crippen LogP contribution in [0.15, 0.2) is 47.4 Å². The molecule has 1 saturated heterocycles. The van der Waals surface area contributed by atoms with Gasteiger partial charge in [-0.2, -0.15) is 0 Å². The minimum atomic E-state index is -0.315. The predicted octanol–water partition coefficient (Wildman–Crippen LogP) is 3.02. The molecule has 3 rings (SSSR count). The van der Waals surface area contributed by atoms with Gasteiger partial charge in [-0.1, -0.05) is 33.4 Å². The van der Waals surface area contributed by atoms with E-state index in [2.05, 4.69) is 38.0 Å². The minimum absolute atomic E-state index is 0.0343. The first-order chi connectivity index (χ1) is 13.7. The second kappa shape index (κ2) is 8.03. The van der Waals surface area contributed by atoms with Crippen LogP contribution in [0, 0.1) is 0 Å². The quantitative estimate of drug-likeness (QED) is 0.514. The van der Waals surface area contributed by atoms with Crippen molar-refractivity contribution in [1.82, 2.24) is 10.2 Å². The molecule has 1 aromatic heterocycles. The highest BCUT2D eigenvalue weighted by molar-refractivity contribution is 5.92. The zero-order valence-electron chi connectivity index (χ0n) is 17.0. The molecule has 0 radical (unpaired) electrons. The number of anilines is 1. The van der Waals surface area contributed by atoms with Crippen LogP contribution < -0.4 is 10.6 Å². The molecule has 1 aliphatic heterocycles. The molecule has 2 aromatic rings. The number of phenolic OH excluding ortho intramolecular Hbond substituents is 1. The summed E-state index contributed by atoms with van der Waals surface area (Å²) in [7, 11) is 0. The second-order valence-corrected chi connectivity index (χ2v) is 8.22. The summed E-state index contributed by atoms with van der Waals surface area (Å²) >= 11 is 0. The Hall–Kier alpha value is -3.22. The van der Waals surface area contributed by atoms with E-state index < -0.39 is 0 Å². The number of furan rings is 1. The number of carbonyl (C=O) groups is 2. The van der Waals surface area contributed by atoms with Crippen molar-refractivity contribution in [2.24, 2.45) is 0 Å². The lowest BCUT2D eigenvalue weighted by Crippen LogP contribution is -2.60. The largest absolute Gasteiger partial charge is 0.506 e. The van der Waals surface area contributed by atoms with Gasteiger partial charge in [-0.25, -0.2) is 0 Å². The van der Waals surface area contributed by atoms with Crippen LogP contribution in [0.25, 0.3) is 0 Å². The van der Waals surface area contributed by atoms with Gasteiger partial charge in [0.15, 0.2) is 5.76 Å². The average molecular weight is 397 g/mol. The highest BCUT2D eigenvalue weighted by Crippen LogP contribution is 2.31. The van der Waals surface area contributed by atoms with Crippen molar-refractivity contribution in [2.45, 2.75) is 38.8 Å². The number of benzene rings is 1. The number of likely N-dealkylation sites (tertiary alicyclic amines) is 1. The lowest BCUT2D eigenvalue weighted by molar-refractivity contribution is -0.130. The van der Waals surface area contributed by atoms with Crippen LogP contribution in [0.5, 0.6) is 5.75 Å². The van der Waals surface area contributed by atoms with E-state index in [9.17, 15) is 14.7 Å². The molecular weight excluding hydrogens is 370 g/mol. The molecule has 0 spiro atoms. The molecule has 1 aromatic carbocycles. The monoisotopic (exact) mass is 397 g/mol. The van der Waals surface area contributed by atoms with E-state index in [0.29, 0.717) is 31.1 Å². The van der Waals surface area contributed by atoms with Gasteiger partial charge in [0.25, 0.3) is 5.91 Å². The number of amides is 2. The Bertz CT molecular complexity index is 920. The van der Waals surface area contributed by atoms with Crippen LogP contribution >= 0.6 is 0 Å². The maximum atomic E-state index is 12.3. The van der Waals surface area contributed by atoms with Crippen molar-refractivity contribution >= 4 is 17.5 Å². The normalized spacial score (nSPS) is 14.2. The Morgan fingerprint density at radius 3 is 2.66 bits per heavy atom. The minimum Gasteiger partial charge on any atom is -0.506 e. The molecule has 154 valence electrons. The Morgan fingerprint density at radius 2 is 2.00 bits per heavy atom. The molecule has 1 fully saturated rings. The summed E-state index contributed by atoms with van der Waals surface area (Å²) in [6, 6.07) is 8.74. The predicted molar refractivity (Wildman–Crippen MR) is 111 cm³/mol. The summed E-state index contributed by atoms with van der Waals surface area (Å²) < 4.78 is 5.62. The van der Waals surface area contributed by atoms with Gasteiger partial charge < -0.3 is 25.1 Å². The van der Waals surface area contributed by atoms with Gasteiger partial charge in [0.2, 0.25) is 5.91 Å². The lowest BCUT2D eigenvalue weighted by atomic mass is 9.87. The molecule has 0 aliphatic carbocycles. The molecule has 0 saturated carbocycles. The van der Waals surface area contributed by atoms with E-state index in [1.54, 1.807) is 23.1 Å². The molecule has 2 heterocycles. The molecule has 29 heavy (non-hydrogen) atoms. The molecule has 1 aliphatic rings. The first kappa shape index (κ1) is 20.5. The smallest absolute Gasteiger partial charge is 0.287 e. The van der Waals surface area contributed by atoms with Crippen LogP contribution in [0.3, 0.4) is 0 Å². The van der Waals surface area contributed by atoms with Gasteiger partial charge in [-0.3, -0.25) is 9.59 Å². The Kier molecular flexibility index (Phi) is 5.68. The van der Waals surface area contributed by atoms with Crippen LogP contribution in [-0.4, -0.2) is 41.0 Å². The first-order valence-corrected chi connectivity index (χ1v) is 9.55. The van der Waals surface area contributed by atoms with Gasteiger partial charge in [0.05, 0.1) is 18.3 Å². The summed E-state index contributed by atoms with van der Waals surface area (Å²) in [5.41, 5.74) is 1.68. The van der Waals surface area contributed by atoms with E-state index in [-0.39, 0.29) is 34.8 Å². The first-order valence-electron chi connectivity index (χ1n) is 9.55. The van der Waals surface area contributed by atoms with Gasteiger partial charge in [-0.05, 0) is 41.3 Å². The topological polar surface area (TPSA) is 94.8 Å². The molecule has 3 N–H and O–H groups in total. The molecular formula is C22H27N3O4. The van der Waals surface area contributed by atoms with Gasteiger partial charge >= 0.3 is 0 Å². The van der Waals surface area contributed by atoms with E-state index >= 15 is 0 Å². The standard InChI is InChI=1S/C22H27N3O4/c1-5-20(27)25-12-15(13-25)24-21(28)19-9-7-16(29-19)11-23-17-10-14(22(2,3)4)6-8-18(17)26/h5-10,15,23,26H,1,11-13H2,2-4H3,(H,24,28). The Labute approximate surface area is 170 Å². The van der Waals surface area contributed by atoms with Crippen molar-refractivity contribution in [2.75, 3.05) is 18.4 Å². The number of hydrogen-bond acceptors (Lipinski definition) is 5. The highest BCUT2D eigenvalue weighted by atomic mass is 16.4. The summed E-state index contributed by atoms with van der Waals surface area (Å²) in [6.07, 6.45) is 1.26. The number of nitrogens with zero attached hydrogens (tertiary/aromatic N) is 1. The summed E-state index contributed by atoms with van der Waals surface area (Å²) in [5, 5.41) is 16.1. The van der Waals surface area contributed by atoms with Crippen LogP contribution in [0.4, 0.5) is 5.69 Å². The molecule has 0 bridgehead atoms. The van der Waals surface area contributed by atoms with E-state index in [1.807, 2.05) is 12.1 Å². The lowest BCUT2D eigenvalue weighted by Gasteiger charge is -2.38. The molecule has 0 atom stereocenters. The van der Waals surface area contributed by atoms with Crippen LogP contribution in [0.1, 0.15) is 42.6 Å². The Morgan fingerprint density at radius 1 is 1.28 bits per heavy atom. The van der Waals surface area contributed by atoms with Gasteiger partial charge in [0.1, 0.15) is 11.5 Å². The zero-order valence-corrected chi connectivity index (χ0v) is 17.0. The number of phenols is 1. The van der Waals surface area contributed by atoms with Crippen LogP contribution in [-0.2, 0) is 16.8 Å². The van der Waals surface area contributed by atoms with Gasteiger partial charge in [-0.15, -0.1) is 0 Å². The highest BCUT2D eigenvalue weighted by Gasteiger charge is 2.31. The third-order valence-corrected chi connectivity index (χ3v) is 4.90. The summed E-state index contributed by atoms with van der Waals surface area (Å²) in [5.74, 6) is 0.493. The molecule has 7 heteroatoms. The second-order valence-electron chi connectivity index (χ2n) is 8.22.